The van der Waals surface area contributed by atoms with E-state index in [9.17, 15) is 20.1 Å². The molecular formula is C20H30O5. The largest absolute Gasteiger partial charge is 0.481 e. The fraction of sp³-hybridized carbons (Fsp3) is 0.450. The molecule has 5 nitrogen and oxygen atoms in total. The molecule has 0 aromatic rings. The van der Waals surface area contributed by atoms with Gasteiger partial charge in [-0.25, -0.2) is 0 Å². The molecule has 0 aliphatic rings. The predicted octanol–water partition coefficient (Wildman–Crippen LogP) is 2.91. The molecule has 0 spiro atoms. The van der Waals surface area contributed by atoms with Crippen LogP contribution in [0.15, 0.2) is 60.8 Å². The summed E-state index contributed by atoms with van der Waals surface area (Å²) in [7, 11) is 0. The third-order valence-electron chi connectivity index (χ3n) is 3.26. The van der Waals surface area contributed by atoms with Gasteiger partial charge in [0.15, 0.2) is 0 Å². The van der Waals surface area contributed by atoms with Crippen LogP contribution in [0, 0.1) is 0 Å². The Morgan fingerprint density at radius 1 is 0.920 bits per heavy atom. The van der Waals surface area contributed by atoms with Crippen molar-refractivity contribution >= 4 is 5.97 Å². The van der Waals surface area contributed by atoms with Crippen LogP contribution in [0.4, 0.5) is 0 Å². The number of aliphatic hydroxyl groups excluding tert-OH is 3. The molecule has 0 aromatic heterocycles. The highest BCUT2D eigenvalue weighted by atomic mass is 16.4. The number of hydrogen-bond donors (Lipinski definition) is 4. The van der Waals surface area contributed by atoms with Crippen molar-refractivity contribution in [1.29, 1.82) is 0 Å². The van der Waals surface area contributed by atoms with Crippen LogP contribution >= 0.6 is 0 Å². The van der Waals surface area contributed by atoms with Gasteiger partial charge in [0.1, 0.15) is 0 Å². The molecule has 2 unspecified atom stereocenters. The topological polar surface area (TPSA) is 98.0 Å². The Labute approximate surface area is 150 Å². The molecule has 0 aromatic carbocycles. The number of aliphatic hydroxyl groups is 3. The minimum absolute atomic E-state index is 0.0186. The maximum absolute atomic E-state index is 10.4. The summed E-state index contributed by atoms with van der Waals surface area (Å²) >= 11 is 0. The molecule has 0 amide bonds. The van der Waals surface area contributed by atoms with Crippen molar-refractivity contribution in [1.82, 2.24) is 0 Å². The van der Waals surface area contributed by atoms with E-state index in [2.05, 4.69) is 0 Å². The number of hydrogen-bond acceptors (Lipinski definition) is 4. The molecule has 0 aliphatic heterocycles. The van der Waals surface area contributed by atoms with Gasteiger partial charge in [0, 0.05) is 6.42 Å². The molecule has 0 radical (unpaired) electrons. The van der Waals surface area contributed by atoms with Crippen LogP contribution in [0.1, 0.15) is 39.0 Å². The molecule has 0 fully saturated rings. The highest BCUT2D eigenvalue weighted by molar-refractivity contribution is 5.66. The van der Waals surface area contributed by atoms with Crippen LogP contribution in [0.3, 0.4) is 0 Å². The minimum atomic E-state index is -1.02. The summed E-state index contributed by atoms with van der Waals surface area (Å²) in [6.45, 7) is 2.04. The molecule has 0 aliphatic carbocycles. The maximum atomic E-state index is 10.4. The molecule has 0 bridgehead atoms. The molecule has 4 N–H and O–H groups in total. The molecule has 25 heavy (non-hydrogen) atoms. The van der Waals surface area contributed by atoms with Crippen molar-refractivity contribution in [3.8, 4) is 0 Å². The first kappa shape index (κ1) is 23.1. The van der Waals surface area contributed by atoms with Crippen molar-refractivity contribution in [3.63, 3.8) is 0 Å². The van der Waals surface area contributed by atoms with E-state index < -0.39 is 24.3 Å². The molecule has 0 heterocycles. The van der Waals surface area contributed by atoms with Crippen molar-refractivity contribution in [2.75, 3.05) is 0 Å². The summed E-state index contributed by atoms with van der Waals surface area (Å²) in [4.78, 5) is 10.4. The normalized spacial score (nSPS) is 16.6. The Morgan fingerprint density at radius 3 is 2.12 bits per heavy atom. The van der Waals surface area contributed by atoms with E-state index in [-0.39, 0.29) is 12.8 Å². The zero-order valence-corrected chi connectivity index (χ0v) is 14.7. The highest BCUT2D eigenvalue weighted by Crippen LogP contribution is 2.06. The molecule has 0 rings (SSSR count). The fourth-order valence-electron chi connectivity index (χ4n) is 1.87. The number of aliphatic carboxylic acids is 1. The summed E-state index contributed by atoms with van der Waals surface area (Å²) in [6, 6.07) is 0. The van der Waals surface area contributed by atoms with E-state index >= 15 is 0 Å². The second-order valence-electron chi connectivity index (χ2n) is 5.57. The Hall–Kier alpha value is -1.95. The van der Waals surface area contributed by atoms with Gasteiger partial charge in [-0.1, -0.05) is 67.7 Å². The smallest absolute Gasteiger partial charge is 0.303 e. The summed E-state index contributed by atoms with van der Waals surface area (Å²) in [5, 5.41) is 37.5. The highest BCUT2D eigenvalue weighted by Gasteiger charge is 2.12. The first-order valence-corrected chi connectivity index (χ1v) is 8.56. The van der Waals surface area contributed by atoms with Crippen molar-refractivity contribution in [2.24, 2.45) is 0 Å². The van der Waals surface area contributed by atoms with Gasteiger partial charge in [0.2, 0.25) is 0 Å². The van der Waals surface area contributed by atoms with Crippen LogP contribution in [-0.2, 0) is 4.79 Å². The lowest BCUT2D eigenvalue weighted by Gasteiger charge is -2.13. The third-order valence-corrected chi connectivity index (χ3v) is 3.26. The lowest BCUT2D eigenvalue weighted by molar-refractivity contribution is -0.137. The monoisotopic (exact) mass is 350 g/mol. The number of rotatable bonds is 13. The summed E-state index contributed by atoms with van der Waals surface area (Å²) in [5.74, 6) is -0.911. The average Bonchev–Trinajstić information content (AvgIpc) is 2.56. The number of carboxylic acid groups (broad SMARTS) is 1. The Balaban J connectivity index is 4.02. The van der Waals surface area contributed by atoms with Gasteiger partial charge >= 0.3 is 5.97 Å². The second-order valence-corrected chi connectivity index (χ2v) is 5.57. The predicted molar refractivity (Wildman–Crippen MR) is 100 cm³/mol. The van der Waals surface area contributed by atoms with Crippen LogP contribution < -0.4 is 0 Å². The summed E-state index contributed by atoms with van der Waals surface area (Å²) < 4.78 is 0. The maximum Gasteiger partial charge on any atom is 0.303 e. The standard InChI is InChI=1S/C20H30O5/c1-2-3-8-12-17(21)13-9-6-4-5-7-10-14-18(22)19(23)15-11-16-20(24)25/h3-10,13-14,17-19,21-23H,2,11-12,15-16H2,1H3,(H,24,25)/t17?,18-,19?/m1/s1. The average molecular weight is 350 g/mol. The lowest BCUT2D eigenvalue weighted by Crippen LogP contribution is -2.23. The number of carbonyl (C=O) groups is 1. The minimum Gasteiger partial charge on any atom is -0.481 e. The van der Waals surface area contributed by atoms with Crippen molar-refractivity contribution < 1.29 is 25.2 Å². The second kappa shape index (κ2) is 15.6. The number of carboxylic acids is 1. The first-order valence-electron chi connectivity index (χ1n) is 8.56. The zero-order valence-electron chi connectivity index (χ0n) is 14.7. The molecular weight excluding hydrogens is 320 g/mol. The van der Waals surface area contributed by atoms with Crippen LogP contribution in [0.25, 0.3) is 0 Å². The van der Waals surface area contributed by atoms with Crippen LogP contribution in [0.2, 0.25) is 0 Å². The van der Waals surface area contributed by atoms with Gasteiger partial charge in [-0.3, -0.25) is 4.79 Å². The molecule has 140 valence electrons. The quantitative estimate of drug-likeness (QED) is 0.302. The SMILES string of the molecule is CCC=CCC(O)C=CC=CC=CC=C[C@@H](O)C(O)CCCC(=O)O. The number of allylic oxidation sites excluding steroid dienone is 7. The van der Waals surface area contributed by atoms with E-state index in [0.717, 1.165) is 6.42 Å². The Morgan fingerprint density at radius 2 is 1.52 bits per heavy atom. The summed E-state index contributed by atoms with van der Waals surface area (Å²) in [5.41, 5.74) is 0. The van der Waals surface area contributed by atoms with Gasteiger partial charge in [0.05, 0.1) is 18.3 Å². The molecule has 5 heteroatoms. The fourth-order valence-corrected chi connectivity index (χ4v) is 1.87. The van der Waals surface area contributed by atoms with Gasteiger partial charge in [-0.15, -0.1) is 0 Å². The van der Waals surface area contributed by atoms with E-state index in [1.54, 1.807) is 42.5 Å². The van der Waals surface area contributed by atoms with Gasteiger partial charge < -0.3 is 20.4 Å². The zero-order chi connectivity index (χ0) is 18.9. The van der Waals surface area contributed by atoms with Crippen molar-refractivity contribution in [2.45, 2.75) is 57.3 Å². The Kier molecular flexibility index (Phi) is 14.4. The molecule has 0 saturated heterocycles. The van der Waals surface area contributed by atoms with E-state index in [1.807, 2.05) is 19.1 Å². The lowest BCUT2D eigenvalue weighted by atomic mass is 10.1. The third kappa shape index (κ3) is 15.3. The van der Waals surface area contributed by atoms with Crippen LogP contribution in [-0.4, -0.2) is 44.7 Å². The van der Waals surface area contributed by atoms with Gasteiger partial charge in [0.25, 0.3) is 0 Å². The van der Waals surface area contributed by atoms with E-state index in [1.165, 1.54) is 6.08 Å². The summed E-state index contributed by atoms with van der Waals surface area (Å²) in [6.07, 6.45) is 17.2. The van der Waals surface area contributed by atoms with Gasteiger partial charge in [-0.2, -0.15) is 0 Å². The van der Waals surface area contributed by atoms with E-state index in [4.69, 9.17) is 5.11 Å². The Bertz CT molecular complexity index is 488. The first-order chi connectivity index (χ1) is 12.0. The molecule has 0 saturated carbocycles. The van der Waals surface area contributed by atoms with E-state index in [0.29, 0.717) is 12.8 Å². The van der Waals surface area contributed by atoms with Crippen LogP contribution in [0.5, 0.6) is 0 Å². The van der Waals surface area contributed by atoms with Gasteiger partial charge in [-0.05, 0) is 25.7 Å². The molecule has 3 atom stereocenters. The van der Waals surface area contributed by atoms with Crippen molar-refractivity contribution in [3.05, 3.63) is 60.8 Å².